The molecule has 0 radical (unpaired) electrons. The standard InChI is InChI=1S/C12H9N.C6H6/c1-3-7-11-9(5-1)10-6-2-4-8-12(10)13-11;1-2-4-6-5-3-1/h1-8,13H;1-6H. The van der Waals surface area contributed by atoms with Gasteiger partial charge in [-0.2, -0.15) is 0 Å². The fraction of sp³-hybridized carbons (Fsp3) is 0. The first-order chi connectivity index (χ1) is 9.45. The van der Waals surface area contributed by atoms with E-state index >= 15 is 0 Å². The number of aromatic nitrogens is 1. The number of H-pyrrole nitrogens is 1. The molecule has 0 saturated carbocycles. The fourth-order valence-corrected chi connectivity index (χ4v) is 2.18. The Labute approximate surface area is 112 Å². The molecule has 92 valence electrons. The van der Waals surface area contributed by atoms with Crippen molar-refractivity contribution in [2.24, 2.45) is 0 Å². The summed E-state index contributed by atoms with van der Waals surface area (Å²) in [5.74, 6) is 0. The molecule has 1 N–H and O–H groups in total. The van der Waals surface area contributed by atoms with Gasteiger partial charge in [-0.1, -0.05) is 72.8 Å². The Balaban J connectivity index is 0.000000155. The molecule has 1 heteroatoms. The summed E-state index contributed by atoms with van der Waals surface area (Å²) in [5, 5.41) is 2.61. The molecule has 0 bridgehead atoms. The molecule has 0 amide bonds. The molecule has 4 rings (SSSR count). The number of benzene rings is 3. The summed E-state index contributed by atoms with van der Waals surface area (Å²) < 4.78 is 0. The van der Waals surface area contributed by atoms with Crippen molar-refractivity contribution in [3.63, 3.8) is 0 Å². The predicted molar refractivity (Wildman–Crippen MR) is 82.2 cm³/mol. The van der Waals surface area contributed by atoms with Crippen molar-refractivity contribution < 1.29 is 0 Å². The third-order valence-corrected chi connectivity index (χ3v) is 3.08. The zero-order valence-corrected chi connectivity index (χ0v) is 10.6. The third kappa shape index (κ3) is 2.50. The van der Waals surface area contributed by atoms with Crippen LogP contribution in [0.2, 0.25) is 0 Å². The van der Waals surface area contributed by atoms with Crippen molar-refractivity contribution in [2.75, 3.05) is 0 Å². The number of hydrogen-bond acceptors (Lipinski definition) is 0. The number of nitrogens with one attached hydrogen (secondary N) is 1. The molecule has 0 aliphatic carbocycles. The Hall–Kier alpha value is -2.54. The van der Waals surface area contributed by atoms with Crippen LogP contribution in [0.5, 0.6) is 0 Å². The molecule has 19 heavy (non-hydrogen) atoms. The lowest BCUT2D eigenvalue weighted by Gasteiger charge is -1.87. The number of fused-ring (bicyclic) bond motifs is 3. The molecule has 4 aromatic rings. The summed E-state index contributed by atoms with van der Waals surface area (Å²) in [4.78, 5) is 3.38. The minimum atomic E-state index is 1.21. The van der Waals surface area contributed by atoms with Crippen LogP contribution in [0.1, 0.15) is 0 Å². The van der Waals surface area contributed by atoms with E-state index in [2.05, 4.69) is 53.5 Å². The van der Waals surface area contributed by atoms with Crippen LogP contribution in [0.3, 0.4) is 0 Å². The minimum Gasteiger partial charge on any atom is -0.355 e. The zero-order chi connectivity index (χ0) is 12.9. The average Bonchev–Trinajstić information content (AvgIpc) is 2.88. The largest absolute Gasteiger partial charge is 0.355 e. The molecular weight excluding hydrogens is 230 g/mol. The van der Waals surface area contributed by atoms with Crippen LogP contribution in [0.15, 0.2) is 84.9 Å². The van der Waals surface area contributed by atoms with Crippen LogP contribution >= 0.6 is 0 Å². The molecule has 0 aliphatic heterocycles. The van der Waals surface area contributed by atoms with Crippen molar-refractivity contribution in [2.45, 2.75) is 0 Å². The van der Waals surface area contributed by atoms with E-state index in [0.717, 1.165) is 0 Å². The van der Waals surface area contributed by atoms with Crippen LogP contribution in [0.25, 0.3) is 21.8 Å². The van der Waals surface area contributed by atoms with E-state index < -0.39 is 0 Å². The van der Waals surface area contributed by atoms with Crippen molar-refractivity contribution >= 4 is 21.8 Å². The molecule has 0 saturated heterocycles. The number of rotatable bonds is 0. The van der Waals surface area contributed by atoms with Gasteiger partial charge in [-0.3, -0.25) is 0 Å². The SMILES string of the molecule is c1ccc2c(c1)[nH]c1ccccc12.c1ccccc1. The predicted octanol–water partition coefficient (Wildman–Crippen LogP) is 5.01. The highest BCUT2D eigenvalue weighted by Crippen LogP contribution is 2.24. The maximum atomic E-state index is 3.38. The summed E-state index contributed by atoms with van der Waals surface area (Å²) in [5.41, 5.74) is 2.42. The Kier molecular flexibility index (Phi) is 3.28. The first-order valence-electron chi connectivity index (χ1n) is 6.40. The van der Waals surface area contributed by atoms with E-state index in [1.54, 1.807) is 0 Å². The van der Waals surface area contributed by atoms with Gasteiger partial charge in [0, 0.05) is 21.8 Å². The molecule has 3 aromatic carbocycles. The van der Waals surface area contributed by atoms with Crippen LogP contribution < -0.4 is 0 Å². The van der Waals surface area contributed by atoms with Crippen LogP contribution in [0, 0.1) is 0 Å². The highest BCUT2D eigenvalue weighted by Gasteiger charge is 2.00. The fourth-order valence-electron chi connectivity index (χ4n) is 2.18. The van der Waals surface area contributed by atoms with Crippen molar-refractivity contribution in [3.05, 3.63) is 84.9 Å². The Morgan fingerprint density at radius 3 is 1.21 bits per heavy atom. The van der Waals surface area contributed by atoms with Crippen LogP contribution in [-0.4, -0.2) is 4.98 Å². The van der Waals surface area contributed by atoms with E-state index in [9.17, 15) is 0 Å². The van der Waals surface area contributed by atoms with Gasteiger partial charge in [-0.15, -0.1) is 0 Å². The second-order valence-electron chi connectivity index (χ2n) is 4.37. The molecule has 0 aliphatic rings. The smallest absolute Gasteiger partial charge is 0.0464 e. The first-order valence-corrected chi connectivity index (χ1v) is 6.40. The second-order valence-corrected chi connectivity index (χ2v) is 4.37. The van der Waals surface area contributed by atoms with Gasteiger partial charge in [0.1, 0.15) is 0 Å². The molecule has 1 nitrogen and oxygen atoms in total. The van der Waals surface area contributed by atoms with E-state index in [-0.39, 0.29) is 0 Å². The molecule has 0 unspecified atom stereocenters. The summed E-state index contributed by atoms with van der Waals surface area (Å²) in [7, 11) is 0. The molecule has 0 spiro atoms. The van der Waals surface area contributed by atoms with E-state index in [1.165, 1.54) is 21.8 Å². The highest BCUT2D eigenvalue weighted by atomic mass is 14.7. The van der Waals surface area contributed by atoms with Gasteiger partial charge in [-0.05, 0) is 12.1 Å². The third-order valence-electron chi connectivity index (χ3n) is 3.08. The van der Waals surface area contributed by atoms with Crippen molar-refractivity contribution in [1.29, 1.82) is 0 Å². The molecule has 0 fully saturated rings. The highest BCUT2D eigenvalue weighted by molar-refractivity contribution is 6.06. The number of para-hydroxylation sites is 2. The van der Waals surface area contributed by atoms with Crippen LogP contribution in [-0.2, 0) is 0 Å². The topological polar surface area (TPSA) is 15.8 Å². The van der Waals surface area contributed by atoms with Gasteiger partial charge < -0.3 is 4.98 Å². The van der Waals surface area contributed by atoms with E-state index in [0.29, 0.717) is 0 Å². The maximum Gasteiger partial charge on any atom is 0.0464 e. The van der Waals surface area contributed by atoms with Gasteiger partial charge in [0.25, 0.3) is 0 Å². The summed E-state index contributed by atoms with van der Waals surface area (Å²) >= 11 is 0. The van der Waals surface area contributed by atoms with Gasteiger partial charge >= 0.3 is 0 Å². The molecule has 1 heterocycles. The quantitative estimate of drug-likeness (QED) is 0.448. The lowest BCUT2D eigenvalue weighted by molar-refractivity contribution is 1.55. The monoisotopic (exact) mass is 245 g/mol. The van der Waals surface area contributed by atoms with Crippen molar-refractivity contribution in [1.82, 2.24) is 4.98 Å². The Morgan fingerprint density at radius 1 is 0.421 bits per heavy atom. The molecule has 1 aromatic heterocycles. The van der Waals surface area contributed by atoms with Crippen LogP contribution in [0.4, 0.5) is 0 Å². The molecule has 0 atom stereocenters. The Morgan fingerprint density at radius 2 is 0.789 bits per heavy atom. The van der Waals surface area contributed by atoms with Gasteiger partial charge in [0.15, 0.2) is 0 Å². The van der Waals surface area contributed by atoms with Gasteiger partial charge in [-0.25, -0.2) is 0 Å². The van der Waals surface area contributed by atoms with Crippen molar-refractivity contribution in [3.8, 4) is 0 Å². The average molecular weight is 245 g/mol. The van der Waals surface area contributed by atoms with Gasteiger partial charge in [0.2, 0.25) is 0 Å². The summed E-state index contributed by atoms with van der Waals surface area (Å²) in [6, 6.07) is 28.8. The summed E-state index contributed by atoms with van der Waals surface area (Å²) in [6.07, 6.45) is 0. The van der Waals surface area contributed by atoms with E-state index in [4.69, 9.17) is 0 Å². The lowest BCUT2D eigenvalue weighted by Crippen LogP contribution is -1.62. The first kappa shape index (κ1) is 11.5. The minimum absolute atomic E-state index is 1.21. The maximum absolute atomic E-state index is 3.38. The normalized spacial score (nSPS) is 10.1. The Bertz CT molecular complexity index is 692. The molecular formula is C18H15N. The number of hydrogen-bond donors (Lipinski definition) is 1. The van der Waals surface area contributed by atoms with E-state index in [1.807, 2.05) is 36.4 Å². The summed E-state index contributed by atoms with van der Waals surface area (Å²) in [6.45, 7) is 0. The number of aromatic amines is 1. The lowest BCUT2D eigenvalue weighted by atomic mass is 10.2. The second kappa shape index (κ2) is 5.40. The zero-order valence-electron chi connectivity index (χ0n) is 10.6. The van der Waals surface area contributed by atoms with Gasteiger partial charge in [0.05, 0.1) is 0 Å².